The topological polar surface area (TPSA) is 75.4 Å². The van der Waals surface area contributed by atoms with Crippen molar-refractivity contribution in [2.75, 3.05) is 0 Å². The van der Waals surface area contributed by atoms with Crippen LogP contribution in [0.1, 0.15) is 51.0 Å². The van der Waals surface area contributed by atoms with Crippen LogP contribution in [-0.4, -0.2) is 40.9 Å². The fourth-order valence-electron chi connectivity index (χ4n) is 5.03. The first-order valence-corrected chi connectivity index (χ1v) is 10.8. The van der Waals surface area contributed by atoms with Crippen LogP contribution in [0.5, 0.6) is 0 Å². The minimum atomic E-state index is -1.21. The Labute approximate surface area is 174 Å². The average molecular weight is 423 g/mol. The summed E-state index contributed by atoms with van der Waals surface area (Å²) in [5.74, 6) is -3.07. The number of nitrogens with two attached hydrogens (primary N) is 1. The Balaban J connectivity index is 1.38. The Morgan fingerprint density at radius 3 is 2.27 bits per heavy atom. The molecule has 5 nitrogen and oxygen atoms in total. The number of carbonyl (C=O) groups excluding carboxylic acids is 2. The van der Waals surface area contributed by atoms with E-state index in [2.05, 4.69) is 5.32 Å². The summed E-state index contributed by atoms with van der Waals surface area (Å²) in [6.45, 7) is 1.73. The van der Waals surface area contributed by atoms with E-state index in [-0.39, 0.29) is 47.7 Å². The van der Waals surface area contributed by atoms with Crippen LogP contribution >= 0.6 is 0 Å². The molecule has 164 valence electrons. The molecule has 0 aromatic heterocycles. The van der Waals surface area contributed by atoms with Crippen molar-refractivity contribution in [3.63, 3.8) is 0 Å². The highest BCUT2D eigenvalue weighted by Crippen LogP contribution is 2.40. The summed E-state index contributed by atoms with van der Waals surface area (Å²) in [6.07, 6.45) is 5.04. The third-order valence-electron chi connectivity index (χ3n) is 6.85. The van der Waals surface area contributed by atoms with Gasteiger partial charge in [-0.15, -0.1) is 0 Å². The van der Waals surface area contributed by atoms with Gasteiger partial charge in [-0.2, -0.15) is 0 Å². The van der Waals surface area contributed by atoms with Gasteiger partial charge in [-0.3, -0.25) is 9.59 Å². The molecule has 4 rings (SSSR count). The lowest BCUT2D eigenvalue weighted by Gasteiger charge is -2.42. The Morgan fingerprint density at radius 2 is 1.67 bits per heavy atom. The Bertz CT molecular complexity index is 831. The summed E-state index contributed by atoms with van der Waals surface area (Å²) in [5, 5.41) is 2.83. The molecule has 3 aliphatic rings. The molecule has 1 aromatic carbocycles. The number of fused-ring (bicyclic) bond motifs is 2. The Hall–Kier alpha value is -2.09. The first-order valence-electron chi connectivity index (χ1n) is 10.8. The highest BCUT2D eigenvalue weighted by Gasteiger charge is 2.46. The normalized spacial score (nSPS) is 27.6. The number of benzene rings is 1. The third kappa shape index (κ3) is 4.19. The zero-order chi connectivity index (χ0) is 21.6. The standard InChI is InChI=1S/C22H28F3N3O2/c1-11(27-21(29)12-2-3-12)22(30)28-15-4-5-16(28)7-14(6-15)20(26)9-13-8-18(24)19(25)10-17(13)23/h8,10-12,14-16,20H,2-7,9,26H2,1H3,(H,27,29)/t11?,14?,15-,16+,20-/m1/s1. The summed E-state index contributed by atoms with van der Waals surface area (Å²) in [6, 6.07) is 0.561. The van der Waals surface area contributed by atoms with Crippen LogP contribution in [0.15, 0.2) is 12.1 Å². The fourth-order valence-corrected chi connectivity index (χ4v) is 5.03. The van der Waals surface area contributed by atoms with Crippen molar-refractivity contribution in [3.05, 3.63) is 35.1 Å². The molecule has 1 aliphatic carbocycles. The number of carbonyl (C=O) groups is 2. The summed E-state index contributed by atoms with van der Waals surface area (Å²) in [4.78, 5) is 26.9. The van der Waals surface area contributed by atoms with Crippen molar-refractivity contribution in [3.8, 4) is 0 Å². The molecule has 0 radical (unpaired) electrons. The lowest BCUT2D eigenvalue weighted by atomic mass is 9.82. The predicted octanol–water partition coefficient (Wildman–Crippen LogP) is 2.66. The van der Waals surface area contributed by atoms with Gasteiger partial charge in [0.2, 0.25) is 11.8 Å². The molecule has 2 saturated heterocycles. The van der Waals surface area contributed by atoms with Crippen molar-refractivity contribution in [1.82, 2.24) is 10.2 Å². The number of piperidine rings is 1. The predicted molar refractivity (Wildman–Crippen MR) is 105 cm³/mol. The molecule has 3 fully saturated rings. The van der Waals surface area contributed by atoms with Gasteiger partial charge in [0.05, 0.1) is 0 Å². The van der Waals surface area contributed by atoms with Crippen LogP contribution in [0.25, 0.3) is 0 Å². The van der Waals surface area contributed by atoms with E-state index in [4.69, 9.17) is 5.73 Å². The minimum absolute atomic E-state index is 0.0439. The van der Waals surface area contributed by atoms with Gasteiger partial charge in [0.15, 0.2) is 11.6 Å². The van der Waals surface area contributed by atoms with Gasteiger partial charge < -0.3 is 16.0 Å². The molecule has 5 atom stereocenters. The maximum absolute atomic E-state index is 14.0. The van der Waals surface area contributed by atoms with Crippen molar-refractivity contribution in [1.29, 1.82) is 0 Å². The van der Waals surface area contributed by atoms with E-state index >= 15 is 0 Å². The van der Waals surface area contributed by atoms with Crippen LogP contribution in [0, 0.1) is 29.3 Å². The first kappa shape index (κ1) is 21.2. The van der Waals surface area contributed by atoms with Crippen molar-refractivity contribution < 1.29 is 22.8 Å². The zero-order valence-corrected chi connectivity index (χ0v) is 17.0. The highest BCUT2D eigenvalue weighted by atomic mass is 19.2. The molecule has 2 heterocycles. The van der Waals surface area contributed by atoms with Crippen molar-refractivity contribution >= 4 is 11.8 Å². The average Bonchev–Trinajstić information content (AvgIpc) is 3.51. The molecule has 8 heteroatoms. The molecule has 1 aromatic rings. The number of hydrogen-bond donors (Lipinski definition) is 2. The van der Waals surface area contributed by atoms with E-state index in [9.17, 15) is 22.8 Å². The Morgan fingerprint density at radius 1 is 1.07 bits per heavy atom. The van der Waals surface area contributed by atoms with Gasteiger partial charge in [-0.1, -0.05) is 0 Å². The van der Waals surface area contributed by atoms with Gasteiger partial charge in [-0.25, -0.2) is 13.2 Å². The van der Waals surface area contributed by atoms with Gasteiger partial charge in [0.1, 0.15) is 11.9 Å². The second-order valence-corrected chi connectivity index (χ2v) is 9.09. The monoisotopic (exact) mass is 423 g/mol. The molecule has 2 aliphatic heterocycles. The van der Waals surface area contributed by atoms with Gasteiger partial charge in [0, 0.05) is 30.1 Å². The number of nitrogens with one attached hydrogen (secondary N) is 1. The van der Waals surface area contributed by atoms with Gasteiger partial charge in [0.25, 0.3) is 0 Å². The van der Waals surface area contributed by atoms with E-state index in [1.807, 2.05) is 4.90 Å². The van der Waals surface area contributed by atoms with E-state index in [0.717, 1.165) is 31.7 Å². The number of rotatable bonds is 6. The van der Waals surface area contributed by atoms with Crippen LogP contribution in [-0.2, 0) is 16.0 Å². The van der Waals surface area contributed by atoms with Crippen LogP contribution in [0.4, 0.5) is 13.2 Å². The number of hydrogen-bond acceptors (Lipinski definition) is 3. The fraction of sp³-hybridized carbons (Fsp3) is 0.636. The van der Waals surface area contributed by atoms with Crippen molar-refractivity contribution in [2.24, 2.45) is 17.6 Å². The first-order chi connectivity index (χ1) is 14.2. The molecule has 0 spiro atoms. The summed E-state index contributed by atoms with van der Waals surface area (Å²) >= 11 is 0. The molecule has 2 amide bonds. The van der Waals surface area contributed by atoms with Crippen LogP contribution < -0.4 is 11.1 Å². The van der Waals surface area contributed by atoms with E-state index in [0.29, 0.717) is 18.9 Å². The number of nitrogens with zero attached hydrogens (tertiary/aromatic N) is 1. The lowest BCUT2D eigenvalue weighted by molar-refractivity contribution is -0.140. The number of halogens is 3. The summed E-state index contributed by atoms with van der Waals surface area (Å²) in [7, 11) is 0. The molecular weight excluding hydrogens is 395 g/mol. The molecule has 30 heavy (non-hydrogen) atoms. The third-order valence-corrected chi connectivity index (χ3v) is 6.85. The lowest BCUT2D eigenvalue weighted by Crippen LogP contribution is -2.55. The maximum Gasteiger partial charge on any atom is 0.245 e. The number of amides is 2. The maximum atomic E-state index is 14.0. The van der Waals surface area contributed by atoms with E-state index in [1.54, 1.807) is 6.92 Å². The summed E-state index contributed by atoms with van der Waals surface area (Å²) in [5.41, 5.74) is 6.41. The van der Waals surface area contributed by atoms with E-state index < -0.39 is 29.5 Å². The van der Waals surface area contributed by atoms with Crippen LogP contribution in [0.3, 0.4) is 0 Å². The van der Waals surface area contributed by atoms with Crippen molar-refractivity contribution in [2.45, 2.75) is 76.0 Å². The second-order valence-electron chi connectivity index (χ2n) is 9.09. The van der Waals surface area contributed by atoms with Crippen LogP contribution in [0.2, 0.25) is 0 Å². The van der Waals surface area contributed by atoms with Gasteiger partial charge in [-0.05, 0) is 69.4 Å². The van der Waals surface area contributed by atoms with Gasteiger partial charge >= 0.3 is 0 Å². The SMILES string of the molecule is CC(NC(=O)C1CC1)C(=O)N1[C@@H]2CC[C@H]1CC([C@H](N)Cc1cc(F)c(F)cc1F)C2. The summed E-state index contributed by atoms with van der Waals surface area (Å²) < 4.78 is 40.6. The molecular formula is C22H28F3N3O2. The molecule has 2 bridgehead atoms. The minimum Gasteiger partial charge on any atom is -0.344 e. The van der Waals surface area contributed by atoms with E-state index in [1.165, 1.54) is 0 Å². The molecule has 2 unspecified atom stereocenters. The largest absolute Gasteiger partial charge is 0.344 e. The zero-order valence-electron chi connectivity index (χ0n) is 17.0. The molecule has 1 saturated carbocycles. The Kier molecular flexibility index (Phi) is 5.79. The highest BCUT2D eigenvalue weighted by molar-refractivity contribution is 5.89. The quantitative estimate of drug-likeness (QED) is 0.691. The smallest absolute Gasteiger partial charge is 0.245 e. The second kappa shape index (κ2) is 8.21. The molecule has 3 N–H and O–H groups in total.